The Balaban J connectivity index is 0.00000180. The van der Waals surface area contributed by atoms with Gasteiger partial charge < -0.3 is 22.3 Å². The van der Waals surface area contributed by atoms with E-state index in [1.807, 2.05) is 18.2 Å². The predicted molar refractivity (Wildman–Crippen MR) is 74.9 cm³/mol. The van der Waals surface area contributed by atoms with Crippen LogP contribution in [0.4, 0.5) is 10.5 Å². The van der Waals surface area contributed by atoms with Gasteiger partial charge in [0.25, 0.3) is 5.91 Å². The van der Waals surface area contributed by atoms with E-state index in [0.29, 0.717) is 12.1 Å². The van der Waals surface area contributed by atoms with Gasteiger partial charge in [-0.3, -0.25) is 4.79 Å². The first kappa shape index (κ1) is 16.0. The van der Waals surface area contributed by atoms with Gasteiger partial charge in [-0.1, -0.05) is 18.2 Å². The van der Waals surface area contributed by atoms with Gasteiger partial charge >= 0.3 is 6.03 Å². The standard InChI is InChI=1S/C13H16N2O2S.BrH/c1-18(2)9-8-11-12(16)15(13(17)14-11)10-6-4-3-5-7-10;/h3-7,11H,8-9H2,1-2H3;1H. The maximum atomic E-state index is 12.2. The van der Waals surface area contributed by atoms with Gasteiger partial charge in [0.1, 0.15) is 11.8 Å². The highest BCUT2D eigenvalue weighted by Crippen LogP contribution is 2.20. The SMILES string of the molecule is C[S+](C)CCC1NC(=O)N(c2ccccc2)C1=O.[Br-]. The Labute approximate surface area is 126 Å². The minimum Gasteiger partial charge on any atom is -1.00 e. The van der Waals surface area contributed by atoms with Gasteiger partial charge in [0.2, 0.25) is 0 Å². The molecule has 2 rings (SSSR count). The van der Waals surface area contributed by atoms with E-state index in [0.717, 1.165) is 5.75 Å². The summed E-state index contributed by atoms with van der Waals surface area (Å²) in [5.74, 6) is 0.816. The monoisotopic (exact) mass is 344 g/mol. The highest BCUT2D eigenvalue weighted by atomic mass is 79.9. The zero-order chi connectivity index (χ0) is 13.1. The number of benzene rings is 1. The third-order valence-electron chi connectivity index (χ3n) is 2.85. The van der Waals surface area contributed by atoms with Crippen LogP contribution in [0.25, 0.3) is 0 Å². The zero-order valence-corrected chi connectivity index (χ0v) is 13.3. The van der Waals surface area contributed by atoms with E-state index in [-0.39, 0.29) is 45.9 Å². The van der Waals surface area contributed by atoms with Crippen LogP contribution in [-0.2, 0) is 15.7 Å². The summed E-state index contributed by atoms with van der Waals surface area (Å²) >= 11 is 0. The summed E-state index contributed by atoms with van der Waals surface area (Å²) < 4.78 is 0. The third-order valence-corrected chi connectivity index (χ3v) is 3.90. The fourth-order valence-corrected chi connectivity index (χ4v) is 2.61. The largest absolute Gasteiger partial charge is 1.00 e. The molecule has 1 heterocycles. The predicted octanol–water partition coefficient (Wildman–Crippen LogP) is -1.62. The Hall–Kier alpha value is -1.01. The van der Waals surface area contributed by atoms with Crippen molar-refractivity contribution >= 4 is 28.5 Å². The molecular weight excluding hydrogens is 328 g/mol. The lowest BCUT2D eigenvalue weighted by molar-refractivity contribution is -0.118. The van der Waals surface area contributed by atoms with E-state index in [9.17, 15) is 9.59 Å². The number of anilines is 1. The van der Waals surface area contributed by atoms with E-state index >= 15 is 0 Å². The normalized spacial score (nSPS) is 18.5. The molecule has 1 saturated heterocycles. The van der Waals surface area contributed by atoms with Gasteiger partial charge in [-0.2, -0.15) is 0 Å². The zero-order valence-electron chi connectivity index (χ0n) is 10.9. The number of rotatable bonds is 4. The Kier molecular flexibility index (Phi) is 5.87. The summed E-state index contributed by atoms with van der Waals surface area (Å²) in [5.41, 5.74) is 0.634. The Morgan fingerprint density at radius 2 is 1.84 bits per heavy atom. The van der Waals surface area contributed by atoms with Gasteiger partial charge in [-0.25, -0.2) is 9.69 Å². The second kappa shape index (κ2) is 6.96. The molecule has 104 valence electrons. The maximum absolute atomic E-state index is 12.2. The highest BCUT2D eigenvalue weighted by Gasteiger charge is 2.39. The van der Waals surface area contributed by atoms with Crippen molar-refractivity contribution in [3.8, 4) is 0 Å². The summed E-state index contributed by atoms with van der Waals surface area (Å²) in [6.45, 7) is 0. The van der Waals surface area contributed by atoms with Crippen LogP contribution >= 0.6 is 0 Å². The number of para-hydroxylation sites is 1. The lowest BCUT2D eigenvalue weighted by Crippen LogP contribution is -3.00. The number of nitrogens with one attached hydrogen (secondary N) is 1. The molecule has 1 aromatic carbocycles. The van der Waals surface area contributed by atoms with E-state index in [1.165, 1.54) is 4.90 Å². The molecule has 1 unspecified atom stereocenters. The van der Waals surface area contributed by atoms with Crippen LogP contribution in [-0.4, -0.2) is 36.2 Å². The van der Waals surface area contributed by atoms with Gasteiger partial charge in [0.05, 0.1) is 18.2 Å². The third kappa shape index (κ3) is 3.73. The number of urea groups is 1. The van der Waals surface area contributed by atoms with Gasteiger partial charge in [-0.05, 0) is 23.0 Å². The number of halogens is 1. The van der Waals surface area contributed by atoms with Gasteiger partial charge in [0.15, 0.2) is 0 Å². The molecular formula is C13H17BrN2O2S. The lowest BCUT2D eigenvalue weighted by atomic mass is 10.2. The number of hydrogen-bond acceptors (Lipinski definition) is 2. The van der Waals surface area contributed by atoms with Crippen molar-refractivity contribution in [2.75, 3.05) is 23.2 Å². The molecule has 1 fully saturated rings. The first-order chi connectivity index (χ1) is 8.59. The van der Waals surface area contributed by atoms with Crippen molar-refractivity contribution in [3.63, 3.8) is 0 Å². The van der Waals surface area contributed by atoms with Crippen LogP contribution in [0, 0.1) is 0 Å². The second-order valence-corrected chi connectivity index (χ2v) is 6.87. The molecule has 0 saturated carbocycles. The number of imide groups is 1. The van der Waals surface area contributed by atoms with Crippen molar-refractivity contribution in [2.24, 2.45) is 0 Å². The van der Waals surface area contributed by atoms with E-state index < -0.39 is 0 Å². The van der Waals surface area contributed by atoms with Crippen LogP contribution < -0.4 is 27.2 Å². The van der Waals surface area contributed by atoms with Crippen LogP contribution in [0.5, 0.6) is 0 Å². The summed E-state index contributed by atoms with van der Waals surface area (Å²) in [4.78, 5) is 25.2. The number of carbonyl (C=O) groups is 2. The summed E-state index contributed by atoms with van der Waals surface area (Å²) in [5, 5.41) is 2.75. The fraction of sp³-hybridized carbons (Fsp3) is 0.385. The van der Waals surface area contributed by atoms with Crippen LogP contribution in [0.3, 0.4) is 0 Å². The molecule has 6 heteroatoms. The minimum absolute atomic E-state index is 0. The maximum Gasteiger partial charge on any atom is 0.329 e. The quantitative estimate of drug-likeness (QED) is 0.527. The molecule has 19 heavy (non-hydrogen) atoms. The molecule has 1 N–H and O–H groups in total. The van der Waals surface area contributed by atoms with E-state index in [1.54, 1.807) is 12.1 Å². The van der Waals surface area contributed by atoms with Crippen LogP contribution in [0.15, 0.2) is 30.3 Å². The molecule has 3 amide bonds. The molecule has 1 atom stereocenters. The molecule has 0 aromatic heterocycles. The summed E-state index contributed by atoms with van der Waals surface area (Å²) in [6, 6.07) is 8.35. The van der Waals surface area contributed by atoms with Crippen molar-refractivity contribution in [2.45, 2.75) is 12.5 Å². The molecule has 0 spiro atoms. The number of amides is 3. The molecule has 4 nitrogen and oxygen atoms in total. The van der Waals surface area contributed by atoms with Crippen molar-refractivity contribution in [3.05, 3.63) is 30.3 Å². The minimum atomic E-state index is -0.368. The summed E-state index contributed by atoms with van der Waals surface area (Å²) in [7, 11) is 0.284. The fourth-order valence-electron chi connectivity index (χ4n) is 1.90. The van der Waals surface area contributed by atoms with Crippen molar-refractivity contribution < 1.29 is 26.6 Å². The lowest BCUT2D eigenvalue weighted by Gasteiger charge is -2.12. The number of hydrogen-bond donors (Lipinski definition) is 1. The Bertz CT molecular complexity index is 453. The van der Waals surface area contributed by atoms with Crippen molar-refractivity contribution in [1.82, 2.24) is 5.32 Å². The molecule has 0 radical (unpaired) electrons. The molecule has 0 aliphatic carbocycles. The molecule has 0 bridgehead atoms. The summed E-state index contributed by atoms with van der Waals surface area (Å²) in [6.07, 6.45) is 4.98. The van der Waals surface area contributed by atoms with Crippen LogP contribution in [0.2, 0.25) is 0 Å². The molecule has 1 aliphatic rings. The molecule has 1 aromatic rings. The number of carbonyl (C=O) groups excluding carboxylic acids is 2. The Morgan fingerprint density at radius 3 is 2.42 bits per heavy atom. The van der Waals surface area contributed by atoms with Crippen molar-refractivity contribution in [1.29, 1.82) is 0 Å². The number of nitrogens with zero attached hydrogens (tertiary/aromatic N) is 1. The average Bonchev–Trinajstić information content (AvgIpc) is 2.63. The second-order valence-electron chi connectivity index (χ2n) is 4.49. The van der Waals surface area contributed by atoms with Gasteiger partial charge in [-0.15, -0.1) is 0 Å². The van der Waals surface area contributed by atoms with Gasteiger partial charge in [0, 0.05) is 6.42 Å². The van der Waals surface area contributed by atoms with E-state index in [2.05, 4.69) is 17.8 Å². The Morgan fingerprint density at radius 1 is 1.21 bits per heavy atom. The van der Waals surface area contributed by atoms with Crippen LogP contribution in [0.1, 0.15) is 6.42 Å². The first-order valence-electron chi connectivity index (χ1n) is 5.83. The first-order valence-corrected chi connectivity index (χ1v) is 8.04. The average molecular weight is 345 g/mol. The topological polar surface area (TPSA) is 49.4 Å². The van der Waals surface area contributed by atoms with E-state index in [4.69, 9.17) is 0 Å². The highest BCUT2D eigenvalue weighted by molar-refractivity contribution is 7.95. The molecule has 1 aliphatic heterocycles. The smallest absolute Gasteiger partial charge is 0.329 e.